The second-order valence-corrected chi connectivity index (χ2v) is 4.82. The molecule has 0 N–H and O–H groups in total. The molecule has 1 aliphatic carbocycles. The number of nitrogens with zero attached hydrogens (tertiary/aromatic N) is 2. The molecule has 0 bridgehead atoms. The van der Waals surface area contributed by atoms with E-state index in [1.807, 2.05) is 6.07 Å². The zero-order chi connectivity index (χ0) is 14.1. The molecule has 3 rings (SSSR count). The molecule has 0 aliphatic heterocycles. The SMILES string of the molecule is COc1ccc(-n2nc(C3CC3)ccc2=O)cc1OC. The first-order valence-corrected chi connectivity index (χ1v) is 6.55. The smallest absolute Gasteiger partial charge is 0.271 e. The van der Waals surface area contributed by atoms with Crippen molar-refractivity contribution in [3.8, 4) is 17.2 Å². The molecular formula is C15H16N2O3. The van der Waals surface area contributed by atoms with Crippen molar-refractivity contribution in [2.75, 3.05) is 14.2 Å². The highest BCUT2D eigenvalue weighted by Gasteiger charge is 2.25. The van der Waals surface area contributed by atoms with Crippen LogP contribution in [0.3, 0.4) is 0 Å². The molecule has 2 aromatic rings. The van der Waals surface area contributed by atoms with Gasteiger partial charge >= 0.3 is 0 Å². The van der Waals surface area contributed by atoms with Crippen molar-refractivity contribution >= 4 is 0 Å². The Hall–Kier alpha value is -2.30. The summed E-state index contributed by atoms with van der Waals surface area (Å²) in [4.78, 5) is 12.0. The van der Waals surface area contributed by atoms with Gasteiger partial charge in [0.05, 0.1) is 25.6 Å². The molecule has 20 heavy (non-hydrogen) atoms. The minimum Gasteiger partial charge on any atom is -0.493 e. The quantitative estimate of drug-likeness (QED) is 0.855. The summed E-state index contributed by atoms with van der Waals surface area (Å²) >= 11 is 0. The largest absolute Gasteiger partial charge is 0.493 e. The zero-order valence-corrected chi connectivity index (χ0v) is 11.5. The lowest BCUT2D eigenvalue weighted by atomic mass is 10.2. The van der Waals surface area contributed by atoms with Crippen LogP contribution in [0.1, 0.15) is 24.5 Å². The molecule has 0 saturated heterocycles. The van der Waals surface area contributed by atoms with Crippen molar-refractivity contribution in [2.24, 2.45) is 0 Å². The Bertz CT molecular complexity index is 690. The first-order chi connectivity index (χ1) is 9.72. The van der Waals surface area contributed by atoms with Crippen molar-refractivity contribution in [1.29, 1.82) is 0 Å². The monoisotopic (exact) mass is 272 g/mol. The first-order valence-electron chi connectivity index (χ1n) is 6.55. The number of benzene rings is 1. The van der Waals surface area contributed by atoms with Gasteiger partial charge in [0.2, 0.25) is 0 Å². The number of ether oxygens (including phenoxy) is 2. The van der Waals surface area contributed by atoms with Crippen LogP contribution in [0.5, 0.6) is 11.5 Å². The maximum atomic E-state index is 12.0. The van der Waals surface area contributed by atoms with E-state index in [0.717, 1.165) is 18.5 Å². The molecule has 0 atom stereocenters. The maximum Gasteiger partial charge on any atom is 0.271 e. The molecule has 5 heteroatoms. The molecule has 5 nitrogen and oxygen atoms in total. The van der Waals surface area contributed by atoms with Crippen molar-refractivity contribution in [3.05, 3.63) is 46.4 Å². The molecule has 1 aromatic carbocycles. The summed E-state index contributed by atoms with van der Waals surface area (Å²) in [6, 6.07) is 8.71. The molecule has 1 heterocycles. The van der Waals surface area contributed by atoms with E-state index in [0.29, 0.717) is 23.1 Å². The third kappa shape index (κ3) is 2.27. The Kier molecular flexibility index (Phi) is 3.18. The molecule has 1 aliphatic rings. The average molecular weight is 272 g/mol. The van der Waals surface area contributed by atoms with Crippen LogP contribution in [-0.2, 0) is 0 Å². The van der Waals surface area contributed by atoms with Crippen LogP contribution in [0.15, 0.2) is 35.1 Å². The van der Waals surface area contributed by atoms with Gasteiger partial charge in [0.25, 0.3) is 5.56 Å². The van der Waals surface area contributed by atoms with E-state index in [-0.39, 0.29) is 5.56 Å². The van der Waals surface area contributed by atoms with Crippen LogP contribution in [0.2, 0.25) is 0 Å². The maximum absolute atomic E-state index is 12.0. The van der Waals surface area contributed by atoms with Crippen LogP contribution in [0.4, 0.5) is 0 Å². The van der Waals surface area contributed by atoms with Gasteiger partial charge < -0.3 is 9.47 Å². The molecule has 0 unspecified atom stereocenters. The molecule has 0 spiro atoms. The number of hydrogen-bond acceptors (Lipinski definition) is 4. The number of rotatable bonds is 4. The van der Waals surface area contributed by atoms with Gasteiger partial charge in [-0.3, -0.25) is 4.79 Å². The second kappa shape index (κ2) is 5.00. The van der Waals surface area contributed by atoms with Crippen molar-refractivity contribution < 1.29 is 9.47 Å². The Morgan fingerprint density at radius 1 is 1.10 bits per heavy atom. The fourth-order valence-corrected chi connectivity index (χ4v) is 2.16. The third-order valence-electron chi connectivity index (χ3n) is 3.43. The Balaban J connectivity index is 2.08. The van der Waals surface area contributed by atoms with Gasteiger partial charge in [-0.1, -0.05) is 0 Å². The molecule has 1 saturated carbocycles. The average Bonchev–Trinajstić information content (AvgIpc) is 3.31. The highest BCUT2D eigenvalue weighted by molar-refractivity contribution is 5.48. The zero-order valence-electron chi connectivity index (χ0n) is 11.5. The van der Waals surface area contributed by atoms with Gasteiger partial charge in [-0.25, -0.2) is 0 Å². The summed E-state index contributed by atoms with van der Waals surface area (Å²) in [5.41, 5.74) is 1.50. The molecular weight excluding hydrogens is 256 g/mol. The standard InChI is InChI=1S/C15H16N2O3/c1-19-13-7-5-11(9-14(13)20-2)17-15(18)8-6-12(16-17)10-3-4-10/h5-10H,3-4H2,1-2H3. The highest BCUT2D eigenvalue weighted by Crippen LogP contribution is 2.38. The second-order valence-electron chi connectivity index (χ2n) is 4.82. The van der Waals surface area contributed by atoms with Crippen LogP contribution in [0.25, 0.3) is 5.69 Å². The fourth-order valence-electron chi connectivity index (χ4n) is 2.16. The fraction of sp³-hybridized carbons (Fsp3) is 0.333. The summed E-state index contributed by atoms with van der Waals surface area (Å²) in [6.07, 6.45) is 2.30. The van der Waals surface area contributed by atoms with Crippen molar-refractivity contribution in [3.63, 3.8) is 0 Å². The van der Waals surface area contributed by atoms with E-state index in [2.05, 4.69) is 5.10 Å². The van der Waals surface area contributed by atoms with E-state index in [1.54, 1.807) is 38.5 Å². The molecule has 0 radical (unpaired) electrons. The Labute approximate surface area is 116 Å². The molecule has 1 fully saturated rings. The van der Waals surface area contributed by atoms with Gasteiger partial charge in [-0.05, 0) is 31.0 Å². The van der Waals surface area contributed by atoms with Crippen molar-refractivity contribution in [1.82, 2.24) is 9.78 Å². The predicted molar refractivity (Wildman–Crippen MR) is 74.9 cm³/mol. The Morgan fingerprint density at radius 2 is 1.85 bits per heavy atom. The lowest BCUT2D eigenvalue weighted by molar-refractivity contribution is 0.354. The van der Waals surface area contributed by atoms with Gasteiger partial charge in [-0.2, -0.15) is 9.78 Å². The normalized spacial score (nSPS) is 14.1. The molecule has 1 aromatic heterocycles. The van der Waals surface area contributed by atoms with Crippen LogP contribution in [0, 0.1) is 0 Å². The van der Waals surface area contributed by atoms with Gasteiger partial charge in [0, 0.05) is 18.1 Å². The molecule has 0 amide bonds. The number of aromatic nitrogens is 2. The van der Waals surface area contributed by atoms with Crippen LogP contribution < -0.4 is 15.0 Å². The van der Waals surface area contributed by atoms with Gasteiger partial charge in [0.1, 0.15) is 0 Å². The Morgan fingerprint density at radius 3 is 2.50 bits per heavy atom. The summed E-state index contributed by atoms with van der Waals surface area (Å²) in [5, 5.41) is 4.44. The third-order valence-corrected chi connectivity index (χ3v) is 3.43. The minimum atomic E-state index is -0.151. The van der Waals surface area contributed by atoms with E-state index < -0.39 is 0 Å². The van der Waals surface area contributed by atoms with E-state index in [9.17, 15) is 4.79 Å². The summed E-state index contributed by atoms with van der Waals surface area (Å²) in [5.74, 6) is 1.71. The van der Waals surface area contributed by atoms with Crippen molar-refractivity contribution in [2.45, 2.75) is 18.8 Å². The minimum absolute atomic E-state index is 0.151. The lowest BCUT2D eigenvalue weighted by Crippen LogP contribution is -2.21. The topological polar surface area (TPSA) is 53.4 Å². The first kappa shape index (κ1) is 12.7. The van der Waals surface area contributed by atoms with E-state index in [4.69, 9.17) is 9.47 Å². The van der Waals surface area contributed by atoms with E-state index in [1.165, 1.54) is 4.68 Å². The van der Waals surface area contributed by atoms with Crippen LogP contribution in [-0.4, -0.2) is 24.0 Å². The predicted octanol–water partition coefficient (Wildman–Crippen LogP) is 2.13. The lowest BCUT2D eigenvalue weighted by Gasteiger charge is -2.11. The number of methoxy groups -OCH3 is 2. The number of hydrogen-bond donors (Lipinski definition) is 0. The van der Waals surface area contributed by atoms with Gasteiger partial charge in [0.15, 0.2) is 11.5 Å². The van der Waals surface area contributed by atoms with Gasteiger partial charge in [-0.15, -0.1) is 0 Å². The highest BCUT2D eigenvalue weighted by atomic mass is 16.5. The summed E-state index contributed by atoms with van der Waals surface area (Å²) < 4.78 is 11.9. The summed E-state index contributed by atoms with van der Waals surface area (Å²) in [6.45, 7) is 0. The molecule has 104 valence electrons. The van der Waals surface area contributed by atoms with E-state index >= 15 is 0 Å². The summed E-state index contributed by atoms with van der Waals surface area (Å²) in [7, 11) is 3.15. The van der Waals surface area contributed by atoms with Crippen LogP contribution >= 0.6 is 0 Å².